The zero-order valence-electron chi connectivity index (χ0n) is 13.0. The lowest BCUT2D eigenvalue weighted by Crippen LogP contribution is -2.10. The van der Waals surface area contributed by atoms with Crippen LogP contribution in [0.25, 0.3) is 0 Å². The highest BCUT2D eigenvalue weighted by Crippen LogP contribution is 2.24. The zero-order valence-corrected chi connectivity index (χ0v) is 13.0. The molecule has 4 nitrogen and oxygen atoms in total. The fourth-order valence-corrected chi connectivity index (χ4v) is 2.39. The maximum absolute atomic E-state index is 10.9. The lowest BCUT2D eigenvalue weighted by Gasteiger charge is -2.22. The maximum Gasteiger partial charge on any atom is 0.273 e. The third-order valence-electron chi connectivity index (χ3n) is 3.60. The van der Waals surface area contributed by atoms with Crippen LogP contribution in [0.2, 0.25) is 0 Å². The fourth-order valence-electron chi connectivity index (χ4n) is 2.39. The number of benzene rings is 2. The Balaban J connectivity index is 1.78. The summed E-state index contributed by atoms with van der Waals surface area (Å²) in [7, 11) is 0. The Morgan fingerprint density at radius 3 is 2.50 bits per heavy atom. The van der Waals surface area contributed by atoms with Gasteiger partial charge >= 0.3 is 0 Å². The van der Waals surface area contributed by atoms with E-state index in [1.807, 2.05) is 54.6 Å². The van der Waals surface area contributed by atoms with E-state index in [2.05, 4.69) is 6.08 Å². The molecule has 0 unspecified atom stereocenters. The fraction of sp³-hybridized carbons (Fsp3) is 0.0500. The second-order valence-electron chi connectivity index (χ2n) is 5.30. The summed E-state index contributed by atoms with van der Waals surface area (Å²) in [5.74, 6) is 1.49. The number of non-ortho nitro benzene ring substituents is 1. The lowest BCUT2D eigenvalue weighted by atomic mass is 9.97. The van der Waals surface area contributed by atoms with E-state index in [-0.39, 0.29) is 5.69 Å². The van der Waals surface area contributed by atoms with Crippen molar-refractivity contribution in [3.05, 3.63) is 112 Å². The van der Waals surface area contributed by atoms with E-state index < -0.39 is 4.92 Å². The summed E-state index contributed by atoms with van der Waals surface area (Å²) in [6.45, 7) is 0.330. The van der Waals surface area contributed by atoms with Crippen LogP contribution in [0.15, 0.2) is 90.6 Å². The van der Waals surface area contributed by atoms with Crippen molar-refractivity contribution in [1.82, 2.24) is 0 Å². The van der Waals surface area contributed by atoms with E-state index in [9.17, 15) is 10.1 Å². The van der Waals surface area contributed by atoms with Gasteiger partial charge in [0.15, 0.2) is 0 Å². The number of hydrogen-bond acceptors (Lipinski definition) is 3. The molecule has 1 aliphatic rings. The van der Waals surface area contributed by atoms with Crippen molar-refractivity contribution in [3.63, 3.8) is 0 Å². The molecule has 0 heterocycles. The van der Waals surface area contributed by atoms with Gasteiger partial charge in [-0.25, -0.2) is 0 Å². The zero-order chi connectivity index (χ0) is 16.8. The molecule has 0 aromatic heterocycles. The molecule has 0 atom stereocenters. The second-order valence-corrected chi connectivity index (χ2v) is 5.30. The van der Waals surface area contributed by atoms with Gasteiger partial charge in [0.2, 0.25) is 0 Å². The first-order chi connectivity index (χ1) is 11.7. The van der Waals surface area contributed by atoms with Crippen LogP contribution in [-0.2, 0) is 0 Å². The monoisotopic (exact) mass is 318 g/mol. The summed E-state index contributed by atoms with van der Waals surface area (Å²) in [5.41, 5.74) is 2.18. The molecule has 0 aliphatic heterocycles. The number of nitro benzene ring substituents is 1. The molecule has 3 rings (SSSR count). The molecule has 120 valence electrons. The van der Waals surface area contributed by atoms with Crippen LogP contribution in [0.4, 0.5) is 5.69 Å². The van der Waals surface area contributed by atoms with Crippen LogP contribution in [0.5, 0.6) is 5.75 Å². The topological polar surface area (TPSA) is 52.4 Å². The van der Waals surface area contributed by atoms with Crippen molar-refractivity contribution in [2.45, 2.75) is 0 Å². The first kappa shape index (κ1) is 15.6. The first-order valence-electron chi connectivity index (χ1n) is 7.57. The summed E-state index contributed by atoms with van der Waals surface area (Å²) in [5, 5.41) is 10.9. The Morgan fingerprint density at radius 1 is 1.04 bits per heavy atom. The van der Waals surface area contributed by atoms with Crippen molar-refractivity contribution in [3.8, 4) is 5.75 Å². The van der Waals surface area contributed by atoms with Crippen molar-refractivity contribution in [2.24, 2.45) is 0 Å². The molecule has 4 heteroatoms. The van der Waals surface area contributed by atoms with Crippen molar-refractivity contribution >= 4 is 5.69 Å². The molecule has 24 heavy (non-hydrogen) atoms. The molecular formula is C20H16NO3-. The molecule has 0 N–H and O–H groups in total. The van der Waals surface area contributed by atoms with Crippen molar-refractivity contribution in [1.29, 1.82) is 0 Å². The molecule has 0 saturated carbocycles. The average molecular weight is 318 g/mol. The van der Waals surface area contributed by atoms with E-state index in [1.54, 1.807) is 12.1 Å². The van der Waals surface area contributed by atoms with Crippen LogP contribution in [0, 0.1) is 16.0 Å². The number of rotatable bonds is 6. The molecule has 2 aromatic carbocycles. The largest absolute Gasteiger partial charge is 0.498 e. The van der Waals surface area contributed by atoms with Gasteiger partial charge in [0.1, 0.15) is 5.75 Å². The minimum absolute atomic E-state index is 0.0220. The summed E-state index contributed by atoms with van der Waals surface area (Å²) in [4.78, 5) is 10.4. The first-order valence-corrected chi connectivity index (χ1v) is 7.57. The quantitative estimate of drug-likeness (QED) is 0.442. The highest BCUT2D eigenvalue weighted by molar-refractivity contribution is 5.48. The van der Waals surface area contributed by atoms with Crippen LogP contribution in [0.3, 0.4) is 0 Å². The van der Waals surface area contributed by atoms with Gasteiger partial charge in [0.05, 0.1) is 17.6 Å². The second kappa shape index (κ2) is 7.33. The molecule has 2 aromatic rings. The Labute approximate surface area is 140 Å². The predicted molar refractivity (Wildman–Crippen MR) is 93.7 cm³/mol. The predicted octanol–water partition coefficient (Wildman–Crippen LogP) is 4.65. The van der Waals surface area contributed by atoms with Gasteiger partial charge in [-0.1, -0.05) is 47.9 Å². The third kappa shape index (κ3) is 3.93. The summed E-state index contributed by atoms with van der Waals surface area (Å²) >= 11 is 0. The summed E-state index contributed by atoms with van der Waals surface area (Å²) in [6.07, 6.45) is 10.1. The number of ether oxygens (including phenoxy) is 1. The van der Waals surface area contributed by atoms with E-state index >= 15 is 0 Å². The number of allylic oxidation sites excluding steroid dienone is 5. The number of nitro groups is 1. The van der Waals surface area contributed by atoms with Gasteiger partial charge in [-0.15, -0.1) is 35.9 Å². The highest BCUT2D eigenvalue weighted by atomic mass is 16.6. The molecular weight excluding hydrogens is 302 g/mol. The SMILES string of the molecule is O=[N+]([O-])c1cccc(OC[C-](C=C2C=CC=C2)c2ccccc2)c1. The molecule has 1 aliphatic carbocycles. The molecule has 0 bridgehead atoms. The van der Waals surface area contributed by atoms with Gasteiger partial charge in [-0.2, -0.15) is 0 Å². The maximum atomic E-state index is 10.9. The lowest BCUT2D eigenvalue weighted by molar-refractivity contribution is -0.384. The molecule has 0 radical (unpaired) electrons. The molecule has 0 fully saturated rings. The Hall–Kier alpha value is -3.27. The van der Waals surface area contributed by atoms with Gasteiger partial charge < -0.3 is 4.74 Å². The number of nitrogens with zero attached hydrogens (tertiary/aromatic N) is 1. The summed E-state index contributed by atoms with van der Waals surface area (Å²) in [6, 6.07) is 16.2. The minimum atomic E-state index is -0.426. The van der Waals surface area contributed by atoms with Crippen LogP contribution in [0.1, 0.15) is 5.56 Å². The van der Waals surface area contributed by atoms with Crippen LogP contribution < -0.4 is 4.74 Å². The Bertz CT molecular complexity index is 793. The Morgan fingerprint density at radius 2 is 1.79 bits per heavy atom. The Kier molecular flexibility index (Phi) is 4.77. The van der Waals surface area contributed by atoms with Gasteiger partial charge in [-0.05, 0) is 6.07 Å². The standard InChI is InChI=1S/C20H16NO3/c22-21(23)19-11-6-12-20(14-19)24-15-18(13-16-7-4-5-8-16)17-9-2-1-3-10-17/h1-14H,15H2/q-1. The van der Waals surface area contributed by atoms with Crippen LogP contribution in [-0.4, -0.2) is 11.5 Å². The van der Waals surface area contributed by atoms with Gasteiger partial charge in [0, 0.05) is 6.07 Å². The van der Waals surface area contributed by atoms with E-state index in [0.717, 1.165) is 17.1 Å². The smallest absolute Gasteiger partial charge is 0.273 e. The highest BCUT2D eigenvalue weighted by Gasteiger charge is 2.08. The number of hydrogen-bond donors (Lipinski definition) is 0. The van der Waals surface area contributed by atoms with E-state index in [0.29, 0.717) is 12.4 Å². The van der Waals surface area contributed by atoms with E-state index in [1.165, 1.54) is 12.1 Å². The minimum Gasteiger partial charge on any atom is -0.498 e. The van der Waals surface area contributed by atoms with Crippen LogP contribution >= 0.6 is 0 Å². The molecule has 0 saturated heterocycles. The average Bonchev–Trinajstić information content (AvgIpc) is 3.12. The van der Waals surface area contributed by atoms with Gasteiger partial charge in [-0.3, -0.25) is 10.1 Å². The van der Waals surface area contributed by atoms with Crippen molar-refractivity contribution < 1.29 is 9.66 Å². The molecule has 0 amide bonds. The van der Waals surface area contributed by atoms with Gasteiger partial charge in [0.25, 0.3) is 5.69 Å². The molecule has 0 spiro atoms. The van der Waals surface area contributed by atoms with Crippen molar-refractivity contribution in [2.75, 3.05) is 6.61 Å². The normalized spacial score (nSPS) is 12.2. The van der Waals surface area contributed by atoms with E-state index in [4.69, 9.17) is 4.74 Å². The third-order valence-corrected chi connectivity index (χ3v) is 3.60. The summed E-state index contributed by atoms with van der Waals surface area (Å²) < 4.78 is 5.79.